The second-order valence-electron chi connectivity index (χ2n) is 9.02. The van der Waals surface area contributed by atoms with E-state index < -0.39 is 0 Å². The normalized spacial score (nSPS) is 17.2. The molecule has 8 nitrogen and oxygen atoms in total. The summed E-state index contributed by atoms with van der Waals surface area (Å²) < 4.78 is 0. The van der Waals surface area contributed by atoms with Gasteiger partial charge in [0.25, 0.3) is 11.5 Å². The molecular weight excluding hydrogens is 416 g/mol. The van der Waals surface area contributed by atoms with E-state index in [0.717, 1.165) is 69.0 Å². The van der Waals surface area contributed by atoms with Gasteiger partial charge in [-0.05, 0) is 42.8 Å². The van der Waals surface area contributed by atoms with Gasteiger partial charge in [-0.2, -0.15) is 0 Å². The Bertz CT molecular complexity index is 1230. The number of pyridine rings is 2. The molecule has 2 aromatic heterocycles. The Morgan fingerprint density at radius 2 is 1.91 bits per heavy atom. The van der Waals surface area contributed by atoms with Crippen LogP contribution in [0.1, 0.15) is 27.2 Å². The summed E-state index contributed by atoms with van der Waals surface area (Å²) in [6.45, 7) is 6.28. The largest absolute Gasteiger partial charge is 0.368 e. The van der Waals surface area contributed by atoms with Gasteiger partial charge in [0.2, 0.25) is 0 Å². The summed E-state index contributed by atoms with van der Waals surface area (Å²) in [5, 5.41) is 3.78. The summed E-state index contributed by atoms with van der Waals surface area (Å²) in [5.41, 5.74) is 5.81. The Balaban J connectivity index is 1.25. The molecule has 2 aliphatic heterocycles. The smallest absolute Gasteiger partial charge is 0.269 e. The van der Waals surface area contributed by atoms with Gasteiger partial charge in [0, 0.05) is 69.3 Å². The maximum atomic E-state index is 12.6. The molecule has 1 amide bonds. The number of carbonyl (C=O) groups is 1. The van der Waals surface area contributed by atoms with E-state index in [2.05, 4.69) is 55.2 Å². The minimum Gasteiger partial charge on any atom is -0.368 e. The van der Waals surface area contributed by atoms with E-state index in [9.17, 15) is 9.59 Å². The van der Waals surface area contributed by atoms with Gasteiger partial charge in [0.05, 0.1) is 11.9 Å². The quantitative estimate of drug-likeness (QED) is 0.633. The number of benzene rings is 1. The molecule has 1 aromatic carbocycles. The standard InChI is InChI=1S/C25H30N6O2/c1-26-25(33)22-6-4-18(14-27-22)31-11-9-30(10-12-31)15-17-3-5-20-19-7-8-29(2)16-21(19)24(32)28-23(20)13-17/h3-6,13-14H,7-12,15-16H2,1-2H3,(H,26,33)(H,28,32). The lowest BCUT2D eigenvalue weighted by Gasteiger charge is -2.36. The van der Waals surface area contributed by atoms with Crippen molar-refractivity contribution in [2.75, 3.05) is 51.7 Å². The highest BCUT2D eigenvalue weighted by Gasteiger charge is 2.21. The first-order valence-electron chi connectivity index (χ1n) is 11.5. The third kappa shape index (κ3) is 4.36. The van der Waals surface area contributed by atoms with Crippen LogP contribution in [0, 0.1) is 0 Å². The van der Waals surface area contributed by atoms with Crippen molar-refractivity contribution in [3.8, 4) is 0 Å². The van der Waals surface area contributed by atoms with Gasteiger partial charge < -0.3 is 20.1 Å². The van der Waals surface area contributed by atoms with E-state index in [-0.39, 0.29) is 11.5 Å². The molecule has 0 radical (unpaired) electrons. The average molecular weight is 447 g/mol. The zero-order valence-electron chi connectivity index (χ0n) is 19.2. The first kappa shape index (κ1) is 21.6. The molecule has 0 saturated carbocycles. The first-order chi connectivity index (χ1) is 16.0. The summed E-state index contributed by atoms with van der Waals surface area (Å²) in [6.07, 6.45) is 2.70. The second kappa shape index (κ2) is 8.96. The lowest BCUT2D eigenvalue weighted by molar-refractivity contribution is 0.0958. The van der Waals surface area contributed by atoms with Crippen LogP contribution in [0.15, 0.2) is 41.3 Å². The fraction of sp³-hybridized carbons (Fsp3) is 0.400. The number of aromatic nitrogens is 2. The van der Waals surface area contributed by atoms with Crippen LogP contribution in [0.25, 0.3) is 10.9 Å². The summed E-state index contributed by atoms with van der Waals surface area (Å²) in [6, 6.07) is 10.3. The third-order valence-electron chi connectivity index (χ3n) is 6.82. The van der Waals surface area contributed by atoms with Crippen LogP contribution < -0.4 is 15.8 Å². The predicted octanol–water partition coefficient (Wildman–Crippen LogP) is 1.59. The van der Waals surface area contributed by atoms with E-state index in [1.807, 2.05) is 6.07 Å². The fourth-order valence-electron chi connectivity index (χ4n) is 4.92. The summed E-state index contributed by atoms with van der Waals surface area (Å²) in [4.78, 5) is 38.7. The number of hydrogen-bond acceptors (Lipinski definition) is 6. The molecule has 0 unspecified atom stereocenters. The zero-order chi connectivity index (χ0) is 22.9. The Kier molecular flexibility index (Phi) is 5.86. The van der Waals surface area contributed by atoms with Gasteiger partial charge in [-0.3, -0.25) is 14.5 Å². The van der Waals surface area contributed by atoms with Gasteiger partial charge in [0.1, 0.15) is 5.69 Å². The molecule has 3 aromatic rings. The number of likely N-dealkylation sites (N-methyl/N-ethyl adjacent to an activating group) is 1. The maximum absolute atomic E-state index is 12.6. The van der Waals surface area contributed by atoms with E-state index >= 15 is 0 Å². The molecular formula is C25H30N6O2. The van der Waals surface area contributed by atoms with Crippen molar-refractivity contribution in [2.24, 2.45) is 0 Å². The van der Waals surface area contributed by atoms with Crippen molar-refractivity contribution >= 4 is 22.5 Å². The maximum Gasteiger partial charge on any atom is 0.269 e. The zero-order valence-corrected chi connectivity index (χ0v) is 19.2. The fourth-order valence-corrected chi connectivity index (χ4v) is 4.92. The van der Waals surface area contributed by atoms with Crippen molar-refractivity contribution in [2.45, 2.75) is 19.5 Å². The van der Waals surface area contributed by atoms with Gasteiger partial charge in [-0.15, -0.1) is 0 Å². The van der Waals surface area contributed by atoms with Crippen LogP contribution in [-0.4, -0.2) is 72.5 Å². The summed E-state index contributed by atoms with van der Waals surface area (Å²) >= 11 is 0. The molecule has 0 spiro atoms. The number of carbonyl (C=O) groups excluding carboxylic acids is 1. The molecule has 0 aliphatic carbocycles. The second-order valence-corrected chi connectivity index (χ2v) is 9.02. The number of nitrogens with one attached hydrogen (secondary N) is 2. The summed E-state index contributed by atoms with van der Waals surface area (Å²) in [5.74, 6) is -0.170. The van der Waals surface area contributed by atoms with Crippen molar-refractivity contribution in [3.63, 3.8) is 0 Å². The number of rotatable bonds is 4. The van der Waals surface area contributed by atoms with Crippen LogP contribution in [0.2, 0.25) is 0 Å². The molecule has 33 heavy (non-hydrogen) atoms. The van der Waals surface area contributed by atoms with E-state index in [0.29, 0.717) is 5.69 Å². The van der Waals surface area contributed by atoms with Crippen molar-refractivity contribution < 1.29 is 4.79 Å². The molecule has 2 aliphatic rings. The molecule has 172 valence electrons. The molecule has 4 heterocycles. The number of anilines is 1. The minimum absolute atomic E-state index is 0.0471. The van der Waals surface area contributed by atoms with E-state index in [1.165, 1.54) is 16.5 Å². The molecule has 0 atom stereocenters. The number of amides is 1. The highest BCUT2D eigenvalue weighted by Crippen LogP contribution is 2.25. The monoisotopic (exact) mass is 446 g/mol. The average Bonchev–Trinajstić information content (AvgIpc) is 2.84. The van der Waals surface area contributed by atoms with Crippen molar-refractivity contribution in [1.82, 2.24) is 25.1 Å². The van der Waals surface area contributed by atoms with Gasteiger partial charge >= 0.3 is 0 Å². The van der Waals surface area contributed by atoms with Crippen LogP contribution in [0.4, 0.5) is 5.69 Å². The van der Waals surface area contributed by atoms with Crippen LogP contribution in [0.3, 0.4) is 0 Å². The lowest BCUT2D eigenvalue weighted by Crippen LogP contribution is -2.46. The number of aromatic amines is 1. The lowest BCUT2D eigenvalue weighted by atomic mass is 9.96. The minimum atomic E-state index is -0.170. The van der Waals surface area contributed by atoms with E-state index in [1.54, 1.807) is 19.3 Å². The number of fused-ring (bicyclic) bond motifs is 3. The molecule has 2 N–H and O–H groups in total. The van der Waals surface area contributed by atoms with Crippen LogP contribution >= 0.6 is 0 Å². The first-order valence-corrected chi connectivity index (χ1v) is 11.5. The van der Waals surface area contributed by atoms with Crippen molar-refractivity contribution in [1.29, 1.82) is 0 Å². The SMILES string of the molecule is CNC(=O)c1ccc(N2CCN(Cc3ccc4c5c(c(=O)[nH]c4c3)CN(C)CC5)CC2)cn1. The molecule has 8 heteroatoms. The molecule has 1 saturated heterocycles. The Hall–Kier alpha value is -3.23. The molecule has 0 bridgehead atoms. The highest BCUT2D eigenvalue weighted by molar-refractivity contribution is 5.92. The third-order valence-corrected chi connectivity index (χ3v) is 6.82. The highest BCUT2D eigenvalue weighted by atomic mass is 16.1. The van der Waals surface area contributed by atoms with Gasteiger partial charge in [-0.25, -0.2) is 4.98 Å². The van der Waals surface area contributed by atoms with Crippen LogP contribution in [0.5, 0.6) is 0 Å². The van der Waals surface area contributed by atoms with Crippen molar-refractivity contribution in [3.05, 3.63) is 69.3 Å². The number of nitrogens with zero attached hydrogens (tertiary/aromatic N) is 4. The van der Waals surface area contributed by atoms with Crippen LogP contribution in [-0.2, 0) is 19.5 Å². The number of hydrogen-bond donors (Lipinski definition) is 2. The van der Waals surface area contributed by atoms with Gasteiger partial charge in [-0.1, -0.05) is 12.1 Å². The number of piperazine rings is 1. The van der Waals surface area contributed by atoms with E-state index in [4.69, 9.17) is 0 Å². The Morgan fingerprint density at radius 3 is 2.64 bits per heavy atom. The molecule has 1 fully saturated rings. The Morgan fingerprint density at radius 1 is 1.09 bits per heavy atom. The Labute approximate surface area is 193 Å². The topological polar surface area (TPSA) is 84.6 Å². The molecule has 5 rings (SSSR count). The number of H-pyrrole nitrogens is 1. The predicted molar refractivity (Wildman–Crippen MR) is 130 cm³/mol. The summed E-state index contributed by atoms with van der Waals surface area (Å²) in [7, 11) is 3.67. The van der Waals surface area contributed by atoms with Gasteiger partial charge in [0.15, 0.2) is 0 Å².